The number of hydrogen-bond donors (Lipinski definition) is 4. The molecule has 2 atom stereocenters. The zero-order valence-corrected chi connectivity index (χ0v) is 31.8. The van der Waals surface area contributed by atoms with E-state index in [9.17, 15) is 19.8 Å². The molecule has 0 spiro atoms. The molecule has 57 heavy (non-hydrogen) atoms. The van der Waals surface area contributed by atoms with Gasteiger partial charge < -0.3 is 30.0 Å². The van der Waals surface area contributed by atoms with Gasteiger partial charge in [-0.15, -0.1) is 0 Å². The zero-order valence-electron chi connectivity index (χ0n) is 31.8. The van der Waals surface area contributed by atoms with E-state index in [0.717, 1.165) is 72.6 Å². The first-order valence-electron chi connectivity index (χ1n) is 19.8. The fourth-order valence-electron chi connectivity index (χ4n) is 8.05. The lowest BCUT2D eigenvalue weighted by Crippen LogP contribution is -2.53. The Morgan fingerprint density at radius 2 is 1.63 bits per heavy atom. The number of aliphatic hydroxyl groups excluding tert-OH is 1. The van der Waals surface area contributed by atoms with Crippen molar-refractivity contribution in [2.24, 2.45) is 5.92 Å². The molecular formula is C47H48N4O6. The molecule has 3 aliphatic heterocycles. The number of anilines is 1. The lowest BCUT2D eigenvalue weighted by molar-refractivity contribution is -0.0311. The Morgan fingerprint density at radius 3 is 2.42 bits per heavy atom. The van der Waals surface area contributed by atoms with E-state index >= 15 is 0 Å². The molecule has 0 unspecified atom stereocenters. The third kappa shape index (κ3) is 9.21. The van der Waals surface area contributed by atoms with Crippen molar-refractivity contribution >= 4 is 22.7 Å². The Labute approximate surface area is 332 Å². The largest absolute Gasteiger partial charge is 0.506 e. The van der Waals surface area contributed by atoms with Crippen molar-refractivity contribution in [2.45, 2.75) is 44.6 Å². The summed E-state index contributed by atoms with van der Waals surface area (Å²) in [5, 5.41) is 25.1. The van der Waals surface area contributed by atoms with E-state index in [0.29, 0.717) is 48.6 Å². The van der Waals surface area contributed by atoms with Gasteiger partial charge in [0.25, 0.3) is 0 Å². The van der Waals surface area contributed by atoms with Gasteiger partial charge >= 0.3 is 6.09 Å². The Bertz CT molecular complexity index is 2360. The average molecular weight is 765 g/mol. The fraction of sp³-hybridized carbons (Fsp3) is 0.277. The van der Waals surface area contributed by atoms with Crippen molar-refractivity contribution in [3.05, 3.63) is 160 Å². The van der Waals surface area contributed by atoms with Crippen LogP contribution in [-0.2, 0) is 24.2 Å². The third-order valence-corrected chi connectivity index (χ3v) is 11.2. The van der Waals surface area contributed by atoms with Crippen molar-refractivity contribution < 1.29 is 24.5 Å². The number of hydrogen-bond acceptors (Lipinski definition) is 8. The molecule has 0 aliphatic carbocycles. The van der Waals surface area contributed by atoms with E-state index in [1.807, 2.05) is 66.7 Å². The summed E-state index contributed by atoms with van der Waals surface area (Å²) in [5.41, 5.74) is 6.85. The Balaban J connectivity index is 0.834. The first-order chi connectivity index (χ1) is 27.9. The molecule has 3 fully saturated rings. The molecule has 292 valence electrons. The molecule has 0 radical (unpaired) electrons. The molecule has 5 aromatic carbocycles. The first-order valence-corrected chi connectivity index (χ1v) is 19.8. The number of piperidine rings is 3. The molecule has 10 nitrogen and oxygen atoms in total. The van der Waals surface area contributed by atoms with Crippen LogP contribution in [0.25, 0.3) is 22.0 Å². The summed E-state index contributed by atoms with van der Waals surface area (Å²) >= 11 is 0. The number of rotatable bonds is 14. The highest BCUT2D eigenvalue weighted by molar-refractivity contribution is 5.88. The summed E-state index contributed by atoms with van der Waals surface area (Å²) in [6.45, 7) is 4.75. The maximum atomic E-state index is 13.6. The van der Waals surface area contributed by atoms with Gasteiger partial charge in [-0.05, 0) is 108 Å². The highest BCUT2D eigenvalue weighted by Crippen LogP contribution is 2.32. The number of aromatic hydroxyl groups is 1. The van der Waals surface area contributed by atoms with Crippen LogP contribution in [0.2, 0.25) is 0 Å². The number of aromatic amines is 1. The standard InChI is InChI=1S/C47H48N4O6/c52-42-18-16-40(41-17-19-45(54)49-46(41)42)43(53)29-48-28-33-6-4-8-37(26-33)35-14-12-32(13-15-35)22-25-56-39-11-5-7-34(27-39)30-51(38-9-2-1-3-10-38)47(55)57-44-31-50-23-20-36(44)21-24-50/h1-19,26-27,36,43-44,48,52-53H,20-25,28-31H2,(H,49,54)/t43-,44-/m0/s1. The summed E-state index contributed by atoms with van der Waals surface area (Å²) in [6.07, 6.45) is 1.71. The summed E-state index contributed by atoms with van der Waals surface area (Å²) in [6, 6.07) is 40.6. The number of nitrogens with zero attached hydrogens (tertiary/aromatic N) is 2. The highest BCUT2D eigenvalue weighted by atomic mass is 16.6. The van der Waals surface area contributed by atoms with E-state index in [2.05, 4.69) is 51.6 Å². The van der Waals surface area contributed by atoms with Crippen molar-refractivity contribution in [3.63, 3.8) is 0 Å². The van der Waals surface area contributed by atoms with Crippen LogP contribution in [0, 0.1) is 5.92 Å². The van der Waals surface area contributed by atoms with E-state index in [1.54, 1.807) is 17.0 Å². The first kappa shape index (κ1) is 38.0. The van der Waals surface area contributed by atoms with Crippen LogP contribution in [0.5, 0.6) is 11.5 Å². The van der Waals surface area contributed by atoms with E-state index in [1.165, 1.54) is 17.7 Å². The SMILES string of the molecule is O=C(O[C@H]1CN2CCC1CC2)N(Cc1cccc(OCCc2ccc(-c3cccc(CNC[C@H](O)c4ccc(O)c5[nH]c(=O)ccc45)c3)cc2)c1)c1ccccc1. The minimum Gasteiger partial charge on any atom is -0.506 e. The fourth-order valence-corrected chi connectivity index (χ4v) is 8.05. The minimum absolute atomic E-state index is 0.0333. The van der Waals surface area contributed by atoms with Gasteiger partial charge in [-0.2, -0.15) is 0 Å². The lowest BCUT2D eigenvalue weighted by Gasteiger charge is -2.44. The topological polar surface area (TPSA) is 127 Å². The average Bonchev–Trinajstić information content (AvgIpc) is 3.24. The van der Waals surface area contributed by atoms with Crippen LogP contribution in [-0.4, -0.2) is 65.1 Å². The van der Waals surface area contributed by atoms with Crippen LogP contribution >= 0.6 is 0 Å². The van der Waals surface area contributed by atoms with Crippen LogP contribution in [0.15, 0.2) is 132 Å². The van der Waals surface area contributed by atoms with Gasteiger partial charge in [0.1, 0.15) is 17.6 Å². The second-order valence-electron chi connectivity index (χ2n) is 15.1. The Kier molecular flexibility index (Phi) is 11.6. The van der Waals surface area contributed by atoms with Gasteiger partial charge in [0.15, 0.2) is 0 Å². The quantitative estimate of drug-likeness (QED) is 0.0895. The summed E-state index contributed by atoms with van der Waals surface area (Å²) in [4.78, 5) is 32.1. The van der Waals surface area contributed by atoms with Crippen LogP contribution in [0.1, 0.15) is 41.2 Å². The highest BCUT2D eigenvalue weighted by Gasteiger charge is 2.37. The molecule has 3 saturated heterocycles. The molecule has 4 heterocycles. The number of phenolic OH excluding ortho intramolecular Hbond substituents is 1. The number of nitrogens with one attached hydrogen (secondary N) is 2. The molecule has 1 aromatic heterocycles. The third-order valence-electron chi connectivity index (χ3n) is 11.2. The van der Waals surface area contributed by atoms with E-state index in [4.69, 9.17) is 9.47 Å². The summed E-state index contributed by atoms with van der Waals surface area (Å²) in [7, 11) is 0. The molecule has 1 amide bonds. The number of carbonyl (C=O) groups is 1. The molecule has 10 heteroatoms. The number of benzene rings is 5. The molecule has 9 rings (SSSR count). The number of ether oxygens (including phenoxy) is 2. The van der Waals surface area contributed by atoms with Crippen molar-refractivity contribution in [2.75, 3.05) is 37.7 Å². The van der Waals surface area contributed by atoms with Crippen molar-refractivity contribution in [1.82, 2.24) is 15.2 Å². The monoisotopic (exact) mass is 764 g/mol. The van der Waals surface area contributed by atoms with Gasteiger partial charge in [-0.1, -0.05) is 78.9 Å². The van der Waals surface area contributed by atoms with Crippen molar-refractivity contribution in [1.29, 1.82) is 0 Å². The summed E-state index contributed by atoms with van der Waals surface area (Å²) < 4.78 is 12.4. The maximum Gasteiger partial charge on any atom is 0.414 e. The van der Waals surface area contributed by atoms with Crippen molar-refractivity contribution in [3.8, 4) is 22.6 Å². The van der Waals surface area contributed by atoms with E-state index < -0.39 is 6.10 Å². The predicted octanol–water partition coefficient (Wildman–Crippen LogP) is 7.58. The number of H-pyrrole nitrogens is 1. The number of amides is 1. The molecule has 3 aliphatic rings. The van der Waals surface area contributed by atoms with Crippen LogP contribution < -0.4 is 20.5 Å². The Hall–Kier alpha value is -5.94. The number of aromatic nitrogens is 1. The number of aliphatic hydroxyl groups is 1. The smallest absolute Gasteiger partial charge is 0.414 e. The number of phenols is 1. The van der Waals surface area contributed by atoms with E-state index in [-0.39, 0.29) is 23.5 Å². The number of carbonyl (C=O) groups excluding carboxylic acids is 1. The number of fused-ring (bicyclic) bond motifs is 4. The van der Waals surface area contributed by atoms with Gasteiger partial charge in [0.2, 0.25) is 5.56 Å². The maximum absolute atomic E-state index is 13.6. The second kappa shape index (κ2) is 17.5. The molecule has 4 N–H and O–H groups in total. The predicted molar refractivity (Wildman–Crippen MR) is 222 cm³/mol. The number of para-hydroxylation sites is 1. The van der Waals surface area contributed by atoms with Crippen LogP contribution in [0.3, 0.4) is 0 Å². The van der Waals surface area contributed by atoms with Gasteiger partial charge in [0, 0.05) is 43.2 Å². The molecule has 2 bridgehead atoms. The van der Waals surface area contributed by atoms with Gasteiger partial charge in [-0.25, -0.2) is 4.79 Å². The zero-order chi connectivity index (χ0) is 39.1. The number of pyridine rings is 1. The molecule has 0 saturated carbocycles. The Morgan fingerprint density at radius 1 is 0.842 bits per heavy atom. The molecule has 6 aromatic rings. The second-order valence-corrected chi connectivity index (χ2v) is 15.1. The lowest BCUT2D eigenvalue weighted by atomic mass is 9.86. The minimum atomic E-state index is -0.831. The molecular weight excluding hydrogens is 717 g/mol. The summed E-state index contributed by atoms with van der Waals surface area (Å²) in [5.74, 6) is 1.16. The van der Waals surface area contributed by atoms with Gasteiger partial charge in [-0.3, -0.25) is 14.6 Å². The van der Waals surface area contributed by atoms with Gasteiger partial charge in [0.05, 0.1) is 24.8 Å². The van der Waals surface area contributed by atoms with Crippen LogP contribution in [0.4, 0.5) is 10.5 Å². The normalized spacial score (nSPS) is 17.9.